The normalized spacial score (nSPS) is 24.8. The number of aryl methyl sites for hydroxylation is 2. The van der Waals surface area contributed by atoms with Crippen LogP contribution in [0.15, 0.2) is 6.33 Å². The molecule has 1 aliphatic carbocycles. The number of rotatable bonds is 3. The summed E-state index contributed by atoms with van der Waals surface area (Å²) in [5, 5.41) is 1.35. The number of nitrogens with zero attached hydrogens (tertiary/aromatic N) is 4. The van der Waals surface area contributed by atoms with E-state index in [4.69, 9.17) is 4.74 Å². The molecule has 1 atom stereocenters. The molecule has 6 heteroatoms. The van der Waals surface area contributed by atoms with E-state index >= 15 is 0 Å². The molecule has 2 aliphatic heterocycles. The lowest BCUT2D eigenvalue weighted by Gasteiger charge is -2.36. The molecule has 0 aromatic carbocycles. The highest BCUT2D eigenvalue weighted by molar-refractivity contribution is 7.19. The van der Waals surface area contributed by atoms with Crippen molar-refractivity contribution in [2.45, 2.75) is 38.2 Å². The first kappa shape index (κ1) is 15.0. The Morgan fingerprint density at radius 1 is 1.12 bits per heavy atom. The Morgan fingerprint density at radius 3 is 2.88 bits per heavy atom. The van der Waals surface area contributed by atoms with Crippen LogP contribution >= 0.6 is 11.3 Å². The minimum atomic E-state index is 0.461. The number of hydrogen-bond acceptors (Lipinski definition) is 6. The summed E-state index contributed by atoms with van der Waals surface area (Å²) >= 11 is 1.88. The molecule has 2 aromatic heterocycles. The van der Waals surface area contributed by atoms with Crippen LogP contribution < -0.4 is 4.90 Å². The second-order valence-corrected chi connectivity index (χ2v) is 8.24. The Morgan fingerprint density at radius 2 is 2.04 bits per heavy atom. The summed E-state index contributed by atoms with van der Waals surface area (Å²) in [7, 11) is 0. The number of ether oxygens (including phenoxy) is 1. The zero-order valence-corrected chi connectivity index (χ0v) is 14.9. The maximum absolute atomic E-state index is 5.79. The summed E-state index contributed by atoms with van der Waals surface area (Å²) in [6, 6.07) is 0. The number of anilines is 1. The average Bonchev–Trinajstić information content (AvgIpc) is 3.32. The Labute approximate surface area is 146 Å². The first-order valence-corrected chi connectivity index (χ1v) is 10.0. The van der Waals surface area contributed by atoms with Gasteiger partial charge in [-0.25, -0.2) is 9.97 Å². The van der Waals surface area contributed by atoms with Gasteiger partial charge in [-0.1, -0.05) is 0 Å². The molecule has 2 saturated heterocycles. The zero-order valence-electron chi connectivity index (χ0n) is 14.0. The van der Waals surface area contributed by atoms with Gasteiger partial charge in [0.15, 0.2) is 0 Å². The van der Waals surface area contributed by atoms with Crippen molar-refractivity contribution in [3.63, 3.8) is 0 Å². The number of piperazine rings is 1. The molecule has 0 unspecified atom stereocenters. The summed E-state index contributed by atoms with van der Waals surface area (Å²) in [5.41, 5.74) is 1.53. The highest BCUT2D eigenvalue weighted by Gasteiger charge is 2.27. The molecule has 24 heavy (non-hydrogen) atoms. The van der Waals surface area contributed by atoms with E-state index in [-0.39, 0.29) is 0 Å². The molecule has 2 fully saturated rings. The van der Waals surface area contributed by atoms with Gasteiger partial charge in [0, 0.05) is 44.2 Å². The van der Waals surface area contributed by atoms with Crippen LogP contribution in [0.25, 0.3) is 10.2 Å². The van der Waals surface area contributed by atoms with Crippen molar-refractivity contribution >= 4 is 27.4 Å². The van der Waals surface area contributed by atoms with Crippen molar-refractivity contribution in [2.75, 3.05) is 44.2 Å². The minimum absolute atomic E-state index is 0.461. The van der Waals surface area contributed by atoms with Crippen LogP contribution in [-0.4, -0.2) is 60.3 Å². The molecule has 0 saturated carbocycles. The number of fused-ring (bicyclic) bond motifs is 3. The smallest absolute Gasteiger partial charge is 0.141 e. The molecule has 0 radical (unpaired) electrons. The Bertz CT molecular complexity index is 732. The van der Waals surface area contributed by atoms with E-state index in [1.807, 2.05) is 11.3 Å². The minimum Gasteiger partial charge on any atom is -0.377 e. The van der Waals surface area contributed by atoms with Crippen molar-refractivity contribution in [1.82, 2.24) is 14.9 Å². The first-order chi connectivity index (χ1) is 11.9. The van der Waals surface area contributed by atoms with Gasteiger partial charge < -0.3 is 9.64 Å². The van der Waals surface area contributed by atoms with Gasteiger partial charge in [-0.05, 0) is 37.7 Å². The Balaban J connectivity index is 1.34. The molecule has 4 heterocycles. The second-order valence-electron chi connectivity index (χ2n) is 7.16. The van der Waals surface area contributed by atoms with Gasteiger partial charge >= 0.3 is 0 Å². The number of hydrogen-bond donors (Lipinski definition) is 0. The summed E-state index contributed by atoms with van der Waals surface area (Å²) < 4.78 is 5.79. The molecule has 0 amide bonds. The average molecular weight is 344 g/mol. The quantitative estimate of drug-likeness (QED) is 0.856. The predicted octanol–water partition coefficient (Wildman–Crippen LogP) is 2.48. The SMILES string of the molecule is c1nc(N2CCN(C[C@H]3CCCO3)CC2)c2c3c(sc2n1)CCC3. The second kappa shape index (κ2) is 6.24. The van der Waals surface area contributed by atoms with E-state index in [2.05, 4.69) is 19.8 Å². The van der Waals surface area contributed by atoms with E-state index in [0.717, 1.165) is 39.3 Å². The molecular weight excluding hydrogens is 320 g/mol. The lowest BCUT2D eigenvalue weighted by molar-refractivity contribution is 0.0712. The highest BCUT2D eigenvalue weighted by atomic mass is 32.1. The van der Waals surface area contributed by atoms with Crippen LogP contribution in [0.4, 0.5) is 5.82 Å². The molecule has 0 N–H and O–H groups in total. The first-order valence-electron chi connectivity index (χ1n) is 9.22. The van der Waals surface area contributed by atoms with Crippen molar-refractivity contribution in [3.8, 4) is 0 Å². The lowest BCUT2D eigenvalue weighted by atomic mass is 10.1. The van der Waals surface area contributed by atoms with E-state index in [0.29, 0.717) is 6.10 Å². The molecule has 0 spiro atoms. The molecule has 128 valence electrons. The predicted molar refractivity (Wildman–Crippen MR) is 97.1 cm³/mol. The van der Waals surface area contributed by atoms with Crippen LogP contribution in [-0.2, 0) is 17.6 Å². The Kier molecular flexibility index (Phi) is 3.91. The summed E-state index contributed by atoms with van der Waals surface area (Å²) in [6.07, 6.45) is 8.39. The maximum atomic E-state index is 5.79. The van der Waals surface area contributed by atoms with Gasteiger partial charge in [-0.3, -0.25) is 4.90 Å². The molecule has 3 aliphatic rings. The standard InChI is InChI=1S/C18H24N4OS/c1-4-14-15(5-1)24-18-16(14)17(19-12-20-18)22-8-6-21(7-9-22)11-13-3-2-10-23-13/h12-13H,1-11H2/t13-/m1/s1. The van der Waals surface area contributed by atoms with Crippen molar-refractivity contribution in [3.05, 3.63) is 16.8 Å². The fourth-order valence-corrected chi connectivity index (χ4v) is 5.59. The largest absolute Gasteiger partial charge is 0.377 e. The maximum Gasteiger partial charge on any atom is 0.141 e. The highest BCUT2D eigenvalue weighted by Crippen LogP contribution is 2.40. The molecule has 5 rings (SSSR count). The fraction of sp³-hybridized carbons (Fsp3) is 0.667. The zero-order chi connectivity index (χ0) is 15.9. The monoisotopic (exact) mass is 344 g/mol. The van der Waals surface area contributed by atoms with Gasteiger partial charge in [-0.2, -0.15) is 0 Å². The van der Waals surface area contributed by atoms with Crippen molar-refractivity contribution in [1.29, 1.82) is 0 Å². The molecular formula is C18H24N4OS. The van der Waals surface area contributed by atoms with Crippen LogP contribution in [0.2, 0.25) is 0 Å². The van der Waals surface area contributed by atoms with E-state index < -0.39 is 0 Å². The molecule has 5 nitrogen and oxygen atoms in total. The van der Waals surface area contributed by atoms with Crippen LogP contribution in [0.1, 0.15) is 29.7 Å². The van der Waals surface area contributed by atoms with Gasteiger partial charge in [0.05, 0.1) is 11.5 Å². The van der Waals surface area contributed by atoms with Gasteiger partial charge in [0.1, 0.15) is 17.0 Å². The van der Waals surface area contributed by atoms with Gasteiger partial charge in [-0.15, -0.1) is 11.3 Å². The number of thiophene rings is 1. The van der Waals surface area contributed by atoms with Crippen molar-refractivity contribution < 1.29 is 4.74 Å². The Hall–Kier alpha value is -1.24. The molecule has 2 aromatic rings. The van der Waals surface area contributed by atoms with E-state index in [9.17, 15) is 0 Å². The lowest BCUT2D eigenvalue weighted by Crippen LogP contribution is -2.48. The van der Waals surface area contributed by atoms with Crippen molar-refractivity contribution in [2.24, 2.45) is 0 Å². The summed E-state index contributed by atoms with van der Waals surface area (Å²) in [6.45, 7) is 6.38. The third kappa shape index (κ3) is 2.61. The van der Waals surface area contributed by atoms with Gasteiger partial charge in [0.25, 0.3) is 0 Å². The van der Waals surface area contributed by atoms with Gasteiger partial charge in [0.2, 0.25) is 0 Å². The number of aromatic nitrogens is 2. The third-order valence-electron chi connectivity index (χ3n) is 5.64. The topological polar surface area (TPSA) is 41.5 Å². The summed E-state index contributed by atoms with van der Waals surface area (Å²) in [5.74, 6) is 1.18. The van der Waals surface area contributed by atoms with E-state index in [1.165, 1.54) is 53.7 Å². The van der Waals surface area contributed by atoms with Crippen LogP contribution in [0, 0.1) is 0 Å². The summed E-state index contributed by atoms with van der Waals surface area (Å²) in [4.78, 5) is 17.0. The molecule has 0 bridgehead atoms. The fourth-order valence-electron chi connectivity index (χ4n) is 4.37. The van der Waals surface area contributed by atoms with Crippen LogP contribution in [0.3, 0.4) is 0 Å². The third-order valence-corrected chi connectivity index (χ3v) is 6.84. The van der Waals surface area contributed by atoms with Crippen LogP contribution in [0.5, 0.6) is 0 Å². The van der Waals surface area contributed by atoms with E-state index in [1.54, 1.807) is 11.2 Å².